The standard InChI is InChI=1S/C12H21NO7/c1-11(2)17-6-8(18-11)10-9(7(14)5-13(15)16)19-12(3,4)20-10/h7-10,14H,5-6H2,1-4H3/t7?,8-,9-,10-/m1/s1. The zero-order valence-corrected chi connectivity index (χ0v) is 12.1. The summed E-state index contributed by atoms with van der Waals surface area (Å²) < 4.78 is 22.5. The Morgan fingerprint density at radius 3 is 2.40 bits per heavy atom. The lowest BCUT2D eigenvalue weighted by molar-refractivity contribution is -0.493. The van der Waals surface area contributed by atoms with Crippen molar-refractivity contribution < 1.29 is 29.0 Å². The summed E-state index contributed by atoms with van der Waals surface area (Å²) in [4.78, 5) is 9.98. The summed E-state index contributed by atoms with van der Waals surface area (Å²) >= 11 is 0. The van der Waals surface area contributed by atoms with Crippen LogP contribution in [0.5, 0.6) is 0 Å². The van der Waals surface area contributed by atoms with Crippen molar-refractivity contribution >= 4 is 0 Å². The van der Waals surface area contributed by atoms with Gasteiger partial charge in [0, 0.05) is 4.92 Å². The van der Waals surface area contributed by atoms with E-state index >= 15 is 0 Å². The van der Waals surface area contributed by atoms with Gasteiger partial charge in [-0.3, -0.25) is 10.1 Å². The van der Waals surface area contributed by atoms with Crippen LogP contribution in [0.1, 0.15) is 27.7 Å². The van der Waals surface area contributed by atoms with Crippen molar-refractivity contribution in [3.63, 3.8) is 0 Å². The molecule has 0 aliphatic carbocycles. The van der Waals surface area contributed by atoms with Crippen molar-refractivity contribution in [1.82, 2.24) is 0 Å². The van der Waals surface area contributed by atoms with E-state index in [1.165, 1.54) is 0 Å². The summed E-state index contributed by atoms with van der Waals surface area (Å²) in [7, 11) is 0. The normalized spacial score (nSPS) is 37.0. The molecule has 2 rings (SSSR count). The molecule has 2 aliphatic rings. The molecule has 0 radical (unpaired) electrons. The number of ether oxygens (including phenoxy) is 4. The summed E-state index contributed by atoms with van der Waals surface area (Å²) in [6, 6.07) is 0. The number of hydrogen-bond donors (Lipinski definition) is 1. The highest BCUT2D eigenvalue weighted by Crippen LogP contribution is 2.36. The lowest BCUT2D eigenvalue weighted by atomic mass is 10.0. The Kier molecular flexibility index (Phi) is 4.05. The van der Waals surface area contributed by atoms with E-state index in [2.05, 4.69) is 0 Å². The average Bonchev–Trinajstić information content (AvgIpc) is 2.77. The molecule has 0 aromatic rings. The van der Waals surface area contributed by atoms with Crippen LogP contribution in [0.25, 0.3) is 0 Å². The summed E-state index contributed by atoms with van der Waals surface area (Å²) in [6.45, 7) is 6.63. The maximum absolute atomic E-state index is 10.6. The van der Waals surface area contributed by atoms with Crippen LogP contribution >= 0.6 is 0 Å². The Hall–Kier alpha value is -0.800. The van der Waals surface area contributed by atoms with Gasteiger partial charge in [-0.2, -0.15) is 0 Å². The molecule has 20 heavy (non-hydrogen) atoms. The highest BCUT2D eigenvalue weighted by Gasteiger charge is 2.52. The molecule has 0 saturated carbocycles. The average molecular weight is 291 g/mol. The van der Waals surface area contributed by atoms with Crippen LogP contribution in [-0.4, -0.2) is 59.2 Å². The topological polar surface area (TPSA) is 100 Å². The van der Waals surface area contributed by atoms with E-state index in [1.807, 2.05) is 0 Å². The smallest absolute Gasteiger partial charge is 0.232 e. The van der Waals surface area contributed by atoms with Crippen molar-refractivity contribution in [3.8, 4) is 0 Å². The zero-order valence-electron chi connectivity index (χ0n) is 12.1. The van der Waals surface area contributed by atoms with Crippen LogP contribution in [0, 0.1) is 10.1 Å². The number of aliphatic hydroxyl groups excluding tert-OH is 1. The Morgan fingerprint density at radius 2 is 1.90 bits per heavy atom. The minimum Gasteiger partial charge on any atom is -0.383 e. The van der Waals surface area contributed by atoms with Crippen molar-refractivity contribution in [1.29, 1.82) is 0 Å². The van der Waals surface area contributed by atoms with Crippen molar-refractivity contribution in [2.45, 2.75) is 63.7 Å². The first kappa shape index (κ1) is 15.6. The third-order valence-electron chi connectivity index (χ3n) is 3.28. The van der Waals surface area contributed by atoms with Gasteiger partial charge in [0.2, 0.25) is 6.54 Å². The molecule has 0 spiro atoms. The van der Waals surface area contributed by atoms with Crippen LogP contribution in [0.4, 0.5) is 0 Å². The predicted molar refractivity (Wildman–Crippen MR) is 66.6 cm³/mol. The van der Waals surface area contributed by atoms with Crippen LogP contribution in [0.2, 0.25) is 0 Å². The van der Waals surface area contributed by atoms with E-state index in [0.29, 0.717) is 6.61 Å². The zero-order chi connectivity index (χ0) is 15.1. The molecule has 0 aromatic carbocycles. The monoisotopic (exact) mass is 291 g/mol. The fourth-order valence-corrected chi connectivity index (χ4v) is 2.54. The molecule has 1 N–H and O–H groups in total. The molecule has 4 atom stereocenters. The van der Waals surface area contributed by atoms with Crippen molar-refractivity contribution in [2.75, 3.05) is 13.2 Å². The molecule has 2 saturated heterocycles. The van der Waals surface area contributed by atoms with E-state index in [9.17, 15) is 15.2 Å². The molecule has 0 aromatic heterocycles. The van der Waals surface area contributed by atoms with E-state index in [4.69, 9.17) is 18.9 Å². The Morgan fingerprint density at radius 1 is 1.25 bits per heavy atom. The fraction of sp³-hybridized carbons (Fsp3) is 1.00. The molecular weight excluding hydrogens is 270 g/mol. The molecule has 2 heterocycles. The van der Waals surface area contributed by atoms with E-state index in [-0.39, 0.29) is 0 Å². The van der Waals surface area contributed by atoms with Gasteiger partial charge >= 0.3 is 0 Å². The molecule has 8 nitrogen and oxygen atoms in total. The molecule has 8 heteroatoms. The fourth-order valence-electron chi connectivity index (χ4n) is 2.54. The van der Waals surface area contributed by atoms with E-state index < -0.39 is 47.5 Å². The van der Waals surface area contributed by atoms with E-state index in [0.717, 1.165) is 0 Å². The Labute approximate surface area is 117 Å². The second-order valence-corrected chi connectivity index (χ2v) is 6.01. The molecular formula is C12H21NO7. The SMILES string of the molecule is CC1(C)O[C@H]([C@H]2COC(C)(C)O2)[C@@H](C(O)C[N+](=O)[O-])O1. The largest absolute Gasteiger partial charge is 0.383 e. The Bertz CT molecular complexity index is 384. The highest BCUT2D eigenvalue weighted by molar-refractivity contribution is 4.93. The minimum atomic E-state index is -1.26. The molecule has 1 unspecified atom stereocenters. The third kappa shape index (κ3) is 3.44. The second kappa shape index (κ2) is 5.19. The van der Waals surface area contributed by atoms with Gasteiger partial charge in [-0.25, -0.2) is 0 Å². The third-order valence-corrected chi connectivity index (χ3v) is 3.28. The van der Waals surface area contributed by atoms with Gasteiger partial charge in [0.05, 0.1) is 6.61 Å². The van der Waals surface area contributed by atoms with Crippen LogP contribution in [0.15, 0.2) is 0 Å². The predicted octanol–water partition coefficient (Wildman–Crippen LogP) is 0.296. The van der Waals surface area contributed by atoms with Crippen molar-refractivity contribution in [2.24, 2.45) is 0 Å². The molecule has 2 fully saturated rings. The van der Waals surface area contributed by atoms with E-state index in [1.54, 1.807) is 27.7 Å². The number of rotatable bonds is 4. The molecule has 116 valence electrons. The molecule has 2 aliphatic heterocycles. The van der Waals surface area contributed by atoms with Crippen LogP contribution in [0.3, 0.4) is 0 Å². The Balaban J connectivity index is 2.10. The maximum atomic E-state index is 10.6. The highest BCUT2D eigenvalue weighted by atomic mass is 16.8. The number of nitrogens with zero attached hydrogens (tertiary/aromatic N) is 1. The summed E-state index contributed by atoms with van der Waals surface area (Å²) in [5.41, 5.74) is 0. The van der Waals surface area contributed by atoms with Crippen molar-refractivity contribution in [3.05, 3.63) is 10.1 Å². The summed E-state index contributed by atoms with van der Waals surface area (Å²) in [6.07, 6.45) is -3.12. The van der Waals surface area contributed by atoms with Crippen LogP contribution < -0.4 is 0 Å². The number of hydrogen-bond acceptors (Lipinski definition) is 7. The van der Waals surface area contributed by atoms with Gasteiger partial charge in [0.25, 0.3) is 0 Å². The molecule has 0 bridgehead atoms. The summed E-state index contributed by atoms with van der Waals surface area (Å²) in [5, 5.41) is 20.5. The lowest BCUT2D eigenvalue weighted by Gasteiger charge is -2.25. The first-order chi connectivity index (χ1) is 9.10. The quantitative estimate of drug-likeness (QED) is 0.587. The molecule has 0 amide bonds. The minimum absolute atomic E-state index is 0.290. The van der Waals surface area contributed by atoms with Gasteiger partial charge < -0.3 is 24.1 Å². The maximum Gasteiger partial charge on any atom is 0.232 e. The first-order valence-electron chi connectivity index (χ1n) is 6.57. The van der Waals surface area contributed by atoms with Gasteiger partial charge in [-0.1, -0.05) is 0 Å². The van der Waals surface area contributed by atoms with Gasteiger partial charge in [-0.15, -0.1) is 0 Å². The number of nitro groups is 1. The van der Waals surface area contributed by atoms with Crippen LogP contribution in [-0.2, 0) is 18.9 Å². The first-order valence-corrected chi connectivity index (χ1v) is 6.57. The lowest BCUT2D eigenvalue weighted by Crippen LogP contribution is -2.46. The van der Waals surface area contributed by atoms with Gasteiger partial charge in [-0.05, 0) is 27.7 Å². The number of aliphatic hydroxyl groups is 1. The summed E-state index contributed by atoms with van der Waals surface area (Å²) in [5.74, 6) is -1.66. The van der Waals surface area contributed by atoms with Gasteiger partial charge in [0.1, 0.15) is 24.4 Å². The van der Waals surface area contributed by atoms with Gasteiger partial charge in [0.15, 0.2) is 11.6 Å². The second-order valence-electron chi connectivity index (χ2n) is 6.01.